The van der Waals surface area contributed by atoms with Crippen molar-refractivity contribution < 1.29 is 27.4 Å². The number of methoxy groups -OCH3 is 1. The summed E-state index contributed by atoms with van der Waals surface area (Å²) in [6.07, 6.45) is 2.10. The maximum Gasteiger partial charge on any atom is 0.418 e. The van der Waals surface area contributed by atoms with Gasteiger partial charge in [-0.15, -0.1) is 0 Å². The molecular formula is C36H46F3N9O3. The number of carbonyl (C=O) groups is 1. The monoisotopic (exact) mass is 709 g/mol. The average Bonchev–Trinajstić information content (AvgIpc) is 3.84. The quantitative estimate of drug-likeness (QED) is 0.166. The molecule has 0 amide bonds. The molecule has 4 aromatic rings. The summed E-state index contributed by atoms with van der Waals surface area (Å²) >= 11 is 0. The summed E-state index contributed by atoms with van der Waals surface area (Å²) in [4.78, 5) is 44.9. The van der Waals surface area contributed by atoms with Crippen molar-refractivity contribution in [2.45, 2.75) is 65.1 Å². The van der Waals surface area contributed by atoms with Crippen molar-refractivity contribution in [3.05, 3.63) is 42.0 Å². The molecule has 4 aromatic heterocycles. The number of aromatic amines is 1. The molecule has 2 aliphatic rings. The first-order chi connectivity index (χ1) is 24.3. The number of ether oxygens (including phenoxy) is 2. The van der Waals surface area contributed by atoms with E-state index in [1.165, 1.54) is 6.20 Å². The number of imidazole rings is 1. The van der Waals surface area contributed by atoms with Gasteiger partial charge in [0.15, 0.2) is 11.5 Å². The van der Waals surface area contributed by atoms with Crippen LogP contribution in [0.2, 0.25) is 0 Å². The van der Waals surface area contributed by atoms with Crippen LogP contribution in [0.5, 0.6) is 0 Å². The molecule has 0 radical (unpaired) electrons. The smallest absolute Gasteiger partial charge is 0.418 e. The third-order valence-corrected chi connectivity index (χ3v) is 9.41. The number of hydrogen-bond donors (Lipinski definition) is 1. The molecule has 0 bridgehead atoms. The van der Waals surface area contributed by atoms with Gasteiger partial charge in [-0.2, -0.15) is 13.2 Å². The van der Waals surface area contributed by atoms with Gasteiger partial charge in [-0.05, 0) is 38.8 Å². The summed E-state index contributed by atoms with van der Waals surface area (Å²) in [6.45, 7) is 12.5. The minimum atomic E-state index is -4.53. The zero-order chi connectivity index (χ0) is 36.5. The molecule has 51 heavy (non-hydrogen) atoms. The van der Waals surface area contributed by atoms with Crippen LogP contribution < -0.4 is 9.80 Å². The van der Waals surface area contributed by atoms with Crippen molar-refractivity contribution in [2.24, 2.45) is 5.41 Å². The van der Waals surface area contributed by atoms with E-state index in [1.54, 1.807) is 32.5 Å². The molecule has 1 aliphatic carbocycles. The number of pyridine rings is 2. The van der Waals surface area contributed by atoms with Gasteiger partial charge >= 0.3 is 12.1 Å². The second-order valence-corrected chi connectivity index (χ2v) is 14.3. The summed E-state index contributed by atoms with van der Waals surface area (Å²) in [7, 11) is 3.59. The number of H-pyrrole nitrogens is 1. The van der Waals surface area contributed by atoms with Crippen LogP contribution in [0.25, 0.3) is 33.9 Å². The topological polar surface area (TPSA) is 125 Å². The number of hydrogen-bond acceptors (Lipinski definition) is 11. The van der Waals surface area contributed by atoms with Crippen molar-refractivity contribution in [1.29, 1.82) is 0 Å². The zero-order valence-corrected chi connectivity index (χ0v) is 30.0. The van der Waals surface area contributed by atoms with Gasteiger partial charge in [-0.3, -0.25) is 14.7 Å². The normalized spacial score (nSPS) is 17.3. The van der Waals surface area contributed by atoms with Gasteiger partial charge in [0.25, 0.3) is 0 Å². The molecule has 0 aromatic carbocycles. The van der Waals surface area contributed by atoms with Crippen LogP contribution in [0.4, 0.5) is 24.7 Å². The lowest BCUT2D eigenvalue weighted by molar-refractivity contribution is -0.143. The molecule has 0 spiro atoms. The summed E-state index contributed by atoms with van der Waals surface area (Å²) in [5, 5.41) is 0. The Morgan fingerprint density at radius 3 is 2.49 bits per heavy atom. The Kier molecular flexibility index (Phi) is 10.5. The second-order valence-electron chi connectivity index (χ2n) is 14.3. The molecule has 0 unspecified atom stereocenters. The molecule has 1 N–H and O–H groups in total. The number of fused-ring (bicyclic) bond motifs is 1. The standard InChI is InChI=1S/C36H46F3N9O3/c1-7-51-30(49)10-11-47-12-13-48(19-22(47)2)29-18-40-27(17-41-29)33-44-32-28(46(5)20-35(3,4)21-50-6)15-26(43-34(32)45-33)24-14-25(36(37,38)39)31(42-16-24)23-8-9-23/h14-18,22-23H,7-13,19-21H2,1-6H3,(H,43,44,45)/t22-/m0/s1. The van der Waals surface area contributed by atoms with Gasteiger partial charge in [0.2, 0.25) is 0 Å². The number of carbonyl (C=O) groups excluding carboxylic acids is 1. The average molecular weight is 710 g/mol. The molecule has 12 nitrogen and oxygen atoms in total. The molecular weight excluding hydrogens is 663 g/mol. The highest BCUT2D eigenvalue weighted by Crippen LogP contribution is 2.46. The fourth-order valence-electron chi connectivity index (χ4n) is 6.84. The predicted octanol–water partition coefficient (Wildman–Crippen LogP) is 5.95. The van der Waals surface area contributed by atoms with E-state index in [0.717, 1.165) is 37.2 Å². The number of alkyl halides is 3. The highest BCUT2D eigenvalue weighted by atomic mass is 19.4. The molecule has 1 saturated heterocycles. The lowest BCUT2D eigenvalue weighted by atomic mass is 9.94. The lowest BCUT2D eigenvalue weighted by Gasteiger charge is -2.40. The maximum absolute atomic E-state index is 14.2. The summed E-state index contributed by atoms with van der Waals surface area (Å²) in [6, 6.07) is 3.15. The van der Waals surface area contributed by atoms with Crippen LogP contribution in [0.1, 0.15) is 64.1 Å². The van der Waals surface area contributed by atoms with Crippen LogP contribution in [0.15, 0.2) is 30.7 Å². The Hall–Kier alpha value is -4.37. The Morgan fingerprint density at radius 2 is 1.84 bits per heavy atom. The third kappa shape index (κ3) is 8.41. The predicted molar refractivity (Wildman–Crippen MR) is 189 cm³/mol. The minimum Gasteiger partial charge on any atom is -0.466 e. The molecule has 1 saturated carbocycles. The lowest BCUT2D eigenvalue weighted by Crippen LogP contribution is -2.52. The Morgan fingerprint density at radius 1 is 1.06 bits per heavy atom. The molecule has 15 heteroatoms. The molecule has 1 atom stereocenters. The van der Waals surface area contributed by atoms with Gasteiger partial charge in [0.05, 0.1) is 54.7 Å². The molecule has 6 rings (SSSR count). The number of piperazine rings is 1. The van der Waals surface area contributed by atoms with Crippen molar-refractivity contribution >= 4 is 28.6 Å². The van der Waals surface area contributed by atoms with Crippen LogP contribution in [0.3, 0.4) is 0 Å². The number of rotatable bonds is 13. The molecule has 2 fully saturated rings. The number of nitrogens with zero attached hydrogens (tertiary/aromatic N) is 8. The SMILES string of the molecule is CCOC(=O)CCN1CCN(c2cnc(-c3nc4nc(-c5cnc(C6CC6)c(C(F)(F)F)c5)cc(N(C)CC(C)(C)COC)c4[nH]3)cn2)C[C@@H]1C. The van der Waals surface area contributed by atoms with Gasteiger partial charge in [0.1, 0.15) is 17.0 Å². The van der Waals surface area contributed by atoms with Gasteiger partial charge in [0, 0.05) is 76.0 Å². The third-order valence-electron chi connectivity index (χ3n) is 9.41. The number of anilines is 2. The van der Waals surface area contributed by atoms with E-state index in [-0.39, 0.29) is 34.6 Å². The van der Waals surface area contributed by atoms with E-state index in [2.05, 4.69) is 45.5 Å². The summed E-state index contributed by atoms with van der Waals surface area (Å²) in [5.74, 6) is 0.827. The van der Waals surface area contributed by atoms with Crippen molar-refractivity contribution in [1.82, 2.24) is 34.8 Å². The van der Waals surface area contributed by atoms with Crippen molar-refractivity contribution in [3.8, 4) is 22.8 Å². The number of nitrogens with one attached hydrogen (secondary N) is 1. The van der Waals surface area contributed by atoms with Gasteiger partial charge < -0.3 is 24.3 Å². The van der Waals surface area contributed by atoms with Gasteiger partial charge in [-0.25, -0.2) is 19.9 Å². The van der Waals surface area contributed by atoms with E-state index >= 15 is 0 Å². The Balaban J connectivity index is 1.29. The summed E-state index contributed by atoms with van der Waals surface area (Å²) < 4.78 is 53.0. The van der Waals surface area contributed by atoms with Gasteiger partial charge in [-0.1, -0.05) is 13.8 Å². The van der Waals surface area contributed by atoms with Crippen LogP contribution in [-0.4, -0.2) is 107 Å². The van der Waals surface area contributed by atoms with E-state index < -0.39 is 11.7 Å². The number of aromatic nitrogens is 6. The van der Waals surface area contributed by atoms with Crippen LogP contribution >= 0.6 is 0 Å². The fourth-order valence-corrected chi connectivity index (χ4v) is 6.84. The first-order valence-corrected chi connectivity index (χ1v) is 17.4. The van der Waals surface area contributed by atoms with E-state index in [9.17, 15) is 18.0 Å². The number of esters is 1. The minimum absolute atomic E-state index is 0.0976. The van der Waals surface area contributed by atoms with Crippen LogP contribution in [-0.2, 0) is 20.4 Å². The molecule has 1 aliphatic heterocycles. The maximum atomic E-state index is 14.2. The molecule has 5 heterocycles. The Labute approximate surface area is 295 Å². The number of halogens is 3. The Bertz CT molecular complexity index is 1840. The van der Waals surface area contributed by atoms with Crippen molar-refractivity contribution in [3.63, 3.8) is 0 Å². The largest absolute Gasteiger partial charge is 0.466 e. The van der Waals surface area contributed by atoms with Crippen LogP contribution in [0, 0.1) is 5.41 Å². The van der Waals surface area contributed by atoms with E-state index in [1.807, 2.05) is 11.9 Å². The summed E-state index contributed by atoms with van der Waals surface area (Å²) in [5.41, 5.74) is 1.94. The molecule has 274 valence electrons. The van der Waals surface area contributed by atoms with E-state index in [0.29, 0.717) is 73.9 Å². The highest BCUT2D eigenvalue weighted by Gasteiger charge is 2.40. The second kappa shape index (κ2) is 14.7. The van der Waals surface area contributed by atoms with E-state index in [4.69, 9.17) is 24.4 Å². The fraction of sp³-hybridized carbons (Fsp3) is 0.556. The first-order valence-electron chi connectivity index (χ1n) is 17.4. The first kappa shape index (κ1) is 36.4. The highest BCUT2D eigenvalue weighted by molar-refractivity contribution is 5.91. The zero-order valence-electron chi connectivity index (χ0n) is 30.0. The van der Waals surface area contributed by atoms with Crippen molar-refractivity contribution in [2.75, 3.05) is 69.9 Å².